The van der Waals surface area contributed by atoms with Crippen molar-refractivity contribution in [2.24, 2.45) is 0 Å². The van der Waals surface area contributed by atoms with Crippen LogP contribution in [-0.4, -0.2) is 93.4 Å². The molecule has 3 aromatic carbocycles. The number of ether oxygens (including phenoxy) is 3. The van der Waals surface area contributed by atoms with Gasteiger partial charge < -0.3 is 45.1 Å². The molecule has 0 spiro atoms. The Bertz CT molecular complexity index is 1560. The highest BCUT2D eigenvalue weighted by molar-refractivity contribution is 6.01. The fraction of sp³-hybridized carbons (Fsp3) is 0.371. The third-order valence-corrected chi connectivity index (χ3v) is 7.58. The first kappa shape index (κ1) is 37.0. The maximum absolute atomic E-state index is 13.2. The van der Waals surface area contributed by atoms with Crippen LogP contribution >= 0.6 is 0 Å². The molecular formula is C35H45N5O8. The predicted octanol–water partition coefficient (Wildman–Crippen LogP) is 4.78. The largest absolute Gasteiger partial charge is 0.495 e. The van der Waals surface area contributed by atoms with Crippen LogP contribution in [0.25, 0.3) is 0 Å². The van der Waals surface area contributed by atoms with E-state index in [-0.39, 0.29) is 31.3 Å². The number of rotatable bonds is 17. The standard InChI is InChI=1S/C35H45N5O8/c1-24-9-6-7-10-27(24)37-34(44)38-28-13-11-26(22-30(28)47-4)23-32(41)36-17-8-18-39(2)35(45)40(20-16-33(42)43)19-15-25-12-14-29(46-3)31(21-25)48-5/h6-7,9-14,21-22H,8,15-20,23H2,1-5H3,(H,36,41)(H,42,43)(H2,37,38,44). The normalized spacial score (nSPS) is 10.4. The van der Waals surface area contributed by atoms with Crippen molar-refractivity contribution in [3.8, 4) is 17.2 Å². The zero-order chi connectivity index (χ0) is 35.1. The van der Waals surface area contributed by atoms with E-state index >= 15 is 0 Å². The average Bonchev–Trinajstić information content (AvgIpc) is 3.07. The Morgan fingerprint density at radius 1 is 0.771 bits per heavy atom. The molecule has 0 aliphatic carbocycles. The first-order valence-corrected chi connectivity index (χ1v) is 15.5. The van der Waals surface area contributed by atoms with Gasteiger partial charge in [0, 0.05) is 38.9 Å². The van der Waals surface area contributed by atoms with Gasteiger partial charge in [-0.05, 0) is 66.8 Å². The van der Waals surface area contributed by atoms with Crippen LogP contribution in [0.2, 0.25) is 0 Å². The number of para-hydroxylation sites is 1. The number of methoxy groups -OCH3 is 3. The van der Waals surface area contributed by atoms with E-state index in [0.29, 0.717) is 66.7 Å². The number of benzene rings is 3. The van der Waals surface area contributed by atoms with Gasteiger partial charge in [0.25, 0.3) is 0 Å². The Kier molecular flexibility index (Phi) is 14.4. The number of carboxylic acids is 1. The topological polar surface area (TPSA) is 159 Å². The number of nitrogens with one attached hydrogen (secondary N) is 3. The van der Waals surface area contributed by atoms with Gasteiger partial charge in [0.1, 0.15) is 5.75 Å². The van der Waals surface area contributed by atoms with E-state index in [1.807, 2.05) is 43.3 Å². The average molecular weight is 664 g/mol. The molecule has 13 nitrogen and oxygen atoms in total. The van der Waals surface area contributed by atoms with Gasteiger partial charge >= 0.3 is 18.0 Å². The number of amides is 5. The summed E-state index contributed by atoms with van der Waals surface area (Å²) >= 11 is 0. The summed E-state index contributed by atoms with van der Waals surface area (Å²) in [4.78, 5) is 52.7. The van der Waals surface area contributed by atoms with E-state index in [1.165, 1.54) is 16.9 Å². The Morgan fingerprint density at radius 3 is 2.12 bits per heavy atom. The minimum absolute atomic E-state index is 0.0671. The lowest BCUT2D eigenvalue weighted by molar-refractivity contribution is -0.137. The SMILES string of the molecule is COc1cc(CC(=O)NCCCN(C)C(=O)N(CCC(=O)O)CCc2ccc(OC)c(OC)c2)ccc1NC(=O)Nc1ccccc1C. The number of aryl methyl sites for hydroxylation is 1. The van der Waals surface area contributed by atoms with E-state index in [2.05, 4.69) is 16.0 Å². The molecule has 0 saturated carbocycles. The van der Waals surface area contributed by atoms with E-state index in [4.69, 9.17) is 14.2 Å². The Labute approximate surface area is 281 Å². The maximum atomic E-state index is 13.2. The van der Waals surface area contributed by atoms with Crippen LogP contribution in [0.4, 0.5) is 21.0 Å². The molecule has 0 radical (unpaired) electrons. The van der Waals surface area contributed by atoms with Crippen molar-refractivity contribution in [2.75, 3.05) is 65.2 Å². The number of carboxylic acid groups (broad SMARTS) is 1. The molecule has 13 heteroatoms. The molecule has 0 aromatic heterocycles. The minimum atomic E-state index is -0.989. The lowest BCUT2D eigenvalue weighted by Gasteiger charge is -2.28. The van der Waals surface area contributed by atoms with Crippen molar-refractivity contribution in [1.29, 1.82) is 0 Å². The number of anilines is 2. The van der Waals surface area contributed by atoms with E-state index in [0.717, 1.165) is 11.1 Å². The van der Waals surface area contributed by atoms with Crippen molar-refractivity contribution >= 4 is 35.3 Å². The summed E-state index contributed by atoms with van der Waals surface area (Å²) in [5.41, 5.74) is 3.70. The predicted molar refractivity (Wildman–Crippen MR) is 183 cm³/mol. The zero-order valence-corrected chi connectivity index (χ0v) is 28.1. The van der Waals surface area contributed by atoms with Gasteiger partial charge in [-0.2, -0.15) is 0 Å². The van der Waals surface area contributed by atoms with Crippen molar-refractivity contribution < 1.29 is 38.5 Å². The van der Waals surface area contributed by atoms with Gasteiger partial charge in [0.05, 0.1) is 39.9 Å². The van der Waals surface area contributed by atoms with Crippen molar-refractivity contribution in [3.63, 3.8) is 0 Å². The number of carbonyl (C=O) groups excluding carboxylic acids is 3. The van der Waals surface area contributed by atoms with E-state index in [9.17, 15) is 24.3 Å². The summed E-state index contributed by atoms with van der Waals surface area (Å²) in [7, 11) is 6.24. The van der Waals surface area contributed by atoms with Crippen molar-refractivity contribution in [1.82, 2.24) is 15.1 Å². The van der Waals surface area contributed by atoms with Crippen LogP contribution in [0, 0.1) is 6.92 Å². The number of nitrogens with zero attached hydrogens (tertiary/aromatic N) is 2. The Morgan fingerprint density at radius 2 is 1.44 bits per heavy atom. The summed E-state index contributed by atoms with van der Waals surface area (Å²) in [5.74, 6) is 0.388. The van der Waals surface area contributed by atoms with Crippen molar-refractivity contribution in [3.05, 3.63) is 77.4 Å². The number of aliphatic carboxylic acids is 1. The molecule has 5 amide bonds. The van der Waals surface area contributed by atoms with Crippen molar-refractivity contribution in [2.45, 2.75) is 32.6 Å². The maximum Gasteiger partial charge on any atom is 0.323 e. The molecule has 0 aliphatic rings. The number of hydrogen-bond acceptors (Lipinski definition) is 7. The first-order valence-electron chi connectivity index (χ1n) is 15.5. The van der Waals surface area contributed by atoms with Crippen LogP contribution in [0.15, 0.2) is 60.7 Å². The van der Waals surface area contributed by atoms with Crippen LogP contribution in [0.1, 0.15) is 29.5 Å². The molecule has 0 atom stereocenters. The van der Waals surface area contributed by atoms with Gasteiger partial charge in [0.2, 0.25) is 5.91 Å². The van der Waals surface area contributed by atoms with Gasteiger partial charge in [0.15, 0.2) is 11.5 Å². The lowest BCUT2D eigenvalue weighted by atomic mass is 10.1. The molecule has 3 rings (SSSR count). The number of carbonyl (C=O) groups is 4. The molecule has 0 bridgehead atoms. The quantitative estimate of drug-likeness (QED) is 0.150. The monoisotopic (exact) mass is 663 g/mol. The molecule has 0 aliphatic heterocycles. The molecular weight excluding hydrogens is 618 g/mol. The van der Waals surface area contributed by atoms with Gasteiger partial charge in [-0.1, -0.05) is 30.3 Å². The highest BCUT2D eigenvalue weighted by atomic mass is 16.5. The molecule has 0 saturated heterocycles. The third-order valence-electron chi connectivity index (χ3n) is 7.58. The van der Waals surface area contributed by atoms with Gasteiger partial charge in [-0.15, -0.1) is 0 Å². The van der Waals surface area contributed by atoms with Gasteiger partial charge in [-0.3, -0.25) is 9.59 Å². The van der Waals surface area contributed by atoms with Crippen LogP contribution in [-0.2, 0) is 22.4 Å². The van der Waals surface area contributed by atoms with Crippen LogP contribution in [0.3, 0.4) is 0 Å². The molecule has 48 heavy (non-hydrogen) atoms. The smallest absolute Gasteiger partial charge is 0.323 e. The van der Waals surface area contributed by atoms with Crippen LogP contribution in [0.5, 0.6) is 17.2 Å². The molecule has 3 aromatic rings. The molecule has 0 heterocycles. The summed E-state index contributed by atoms with van der Waals surface area (Å²) in [6.45, 7) is 2.98. The highest BCUT2D eigenvalue weighted by Crippen LogP contribution is 2.28. The minimum Gasteiger partial charge on any atom is -0.495 e. The molecule has 258 valence electrons. The number of urea groups is 2. The second kappa shape index (κ2) is 18.6. The van der Waals surface area contributed by atoms with Gasteiger partial charge in [-0.25, -0.2) is 9.59 Å². The highest BCUT2D eigenvalue weighted by Gasteiger charge is 2.19. The zero-order valence-electron chi connectivity index (χ0n) is 28.1. The Balaban J connectivity index is 1.47. The fourth-order valence-corrected chi connectivity index (χ4v) is 4.90. The summed E-state index contributed by atoms with van der Waals surface area (Å²) in [6, 6.07) is 17.3. The third kappa shape index (κ3) is 11.4. The fourth-order valence-electron chi connectivity index (χ4n) is 4.90. The van der Waals surface area contributed by atoms with Crippen LogP contribution < -0.4 is 30.2 Å². The summed E-state index contributed by atoms with van der Waals surface area (Å²) in [6.07, 6.45) is 0.917. The molecule has 0 unspecified atom stereocenters. The first-order chi connectivity index (χ1) is 23.0. The second-order valence-corrected chi connectivity index (χ2v) is 11.1. The summed E-state index contributed by atoms with van der Waals surface area (Å²) in [5, 5.41) is 17.7. The molecule has 4 N–H and O–H groups in total. The summed E-state index contributed by atoms with van der Waals surface area (Å²) < 4.78 is 16.1. The Hall–Kier alpha value is -5.46. The lowest BCUT2D eigenvalue weighted by Crippen LogP contribution is -2.44. The number of hydrogen-bond donors (Lipinski definition) is 4. The second-order valence-electron chi connectivity index (χ2n) is 11.1. The molecule has 0 fully saturated rings. The van der Waals surface area contributed by atoms with E-state index in [1.54, 1.807) is 45.5 Å². The van der Waals surface area contributed by atoms with E-state index < -0.39 is 12.0 Å².